The number of hydrogen-bond donors (Lipinski definition) is 2. The second-order valence-electron chi connectivity index (χ2n) is 8.23. The van der Waals surface area contributed by atoms with Gasteiger partial charge in [0.05, 0.1) is 22.3 Å². The van der Waals surface area contributed by atoms with Crippen LogP contribution in [0.15, 0.2) is 72.1 Å². The fourth-order valence-electron chi connectivity index (χ4n) is 3.48. The molecule has 0 spiro atoms. The number of rotatable bonds is 4. The first kappa shape index (κ1) is 18.8. The van der Waals surface area contributed by atoms with Crippen LogP contribution >= 0.6 is 11.3 Å². The summed E-state index contributed by atoms with van der Waals surface area (Å²) in [6.07, 6.45) is 2.31. The van der Waals surface area contributed by atoms with Crippen molar-refractivity contribution in [2.45, 2.75) is 38.8 Å². The Kier molecular flexibility index (Phi) is 5.00. The molecular weight excluding hydrogens is 362 g/mol. The summed E-state index contributed by atoms with van der Waals surface area (Å²) in [7, 11) is 0. The second-order valence-corrected chi connectivity index (χ2v) is 9.17. The number of nitrogens with zero attached hydrogens (tertiary/aromatic N) is 1. The fraction of sp³-hybridized carbons (Fsp3) is 0.250. The van der Waals surface area contributed by atoms with Gasteiger partial charge < -0.3 is 5.73 Å². The molecule has 144 valence electrons. The molecule has 3 nitrogen and oxygen atoms in total. The molecule has 1 atom stereocenters. The van der Waals surface area contributed by atoms with E-state index in [9.17, 15) is 0 Å². The van der Waals surface area contributed by atoms with Crippen LogP contribution in [-0.2, 0) is 12.0 Å². The molecule has 4 rings (SSSR count). The van der Waals surface area contributed by atoms with Gasteiger partial charge in [0.1, 0.15) is 0 Å². The van der Waals surface area contributed by atoms with Crippen LogP contribution in [0.4, 0.5) is 5.69 Å². The third-order valence-electron chi connectivity index (χ3n) is 5.20. The molecule has 0 bridgehead atoms. The maximum atomic E-state index is 5.77. The Morgan fingerprint density at radius 2 is 1.71 bits per heavy atom. The van der Waals surface area contributed by atoms with E-state index in [0.717, 1.165) is 16.9 Å². The SMILES string of the molecule is CC(C)(C)c1ccc(C2C=C(c3cccs3)NN2c2ccc(CN)cc2)cc1. The van der Waals surface area contributed by atoms with Crippen molar-refractivity contribution < 1.29 is 0 Å². The number of hydrazine groups is 1. The maximum Gasteiger partial charge on any atom is 0.0958 e. The molecule has 4 heteroatoms. The highest BCUT2D eigenvalue weighted by atomic mass is 32.1. The van der Waals surface area contributed by atoms with Crippen LogP contribution in [0.25, 0.3) is 5.70 Å². The minimum atomic E-state index is 0.134. The molecule has 0 fully saturated rings. The molecule has 3 aromatic rings. The van der Waals surface area contributed by atoms with Gasteiger partial charge in [0.15, 0.2) is 0 Å². The van der Waals surface area contributed by atoms with Gasteiger partial charge in [-0.25, -0.2) is 0 Å². The lowest BCUT2D eigenvalue weighted by Crippen LogP contribution is -2.33. The smallest absolute Gasteiger partial charge is 0.0958 e. The van der Waals surface area contributed by atoms with E-state index in [2.05, 4.69) is 103 Å². The standard InChI is InChI=1S/C24H27N3S/c1-24(2,3)19-10-8-18(9-11-19)22-15-21(23-5-4-14-28-23)26-27(22)20-12-6-17(16-25)7-13-20/h4-15,22,26H,16,25H2,1-3H3. The predicted molar refractivity (Wildman–Crippen MR) is 120 cm³/mol. The van der Waals surface area contributed by atoms with Gasteiger partial charge in [-0.1, -0.05) is 63.2 Å². The normalized spacial score (nSPS) is 16.8. The van der Waals surface area contributed by atoms with E-state index < -0.39 is 0 Å². The van der Waals surface area contributed by atoms with Gasteiger partial charge in [0, 0.05) is 6.54 Å². The van der Waals surface area contributed by atoms with Crippen molar-refractivity contribution in [3.63, 3.8) is 0 Å². The van der Waals surface area contributed by atoms with Crippen LogP contribution < -0.4 is 16.2 Å². The van der Waals surface area contributed by atoms with Crippen LogP contribution in [0.2, 0.25) is 0 Å². The molecule has 1 unspecified atom stereocenters. The Bertz CT molecular complexity index is 949. The average molecular weight is 390 g/mol. The number of anilines is 1. The number of thiophene rings is 1. The van der Waals surface area contributed by atoms with Crippen LogP contribution in [0.5, 0.6) is 0 Å². The third kappa shape index (κ3) is 3.71. The summed E-state index contributed by atoms with van der Waals surface area (Å²) in [5, 5.41) is 4.35. The molecule has 0 saturated carbocycles. The zero-order chi connectivity index (χ0) is 19.7. The molecule has 1 aliphatic rings. The lowest BCUT2D eigenvalue weighted by atomic mass is 9.86. The van der Waals surface area contributed by atoms with Crippen molar-refractivity contribution >= 4 is 22.7 Å². The van der Waals surface area contributed by atoms with Gasteiger partial charge in [-0.15, -0.1) is 11.3 Å². The molecule has 28 heavy (non-hydrogen) atoms. The zero-order valence-corrected chi connectivity index (χ0v) is 17.5. The summed E-state index contributed by atoms with van der Waals surface area (Å²) < 4.78 is 0. The van der Waals surface area contributed by atoms with Crippen molar-refractivity contribution in [2.24, 2.45) is 5.73 Å². The monoisotopic (exact) mass is 389 g/mol. The van der Waals surface area contributed by atoms with E-state index in [-0.39, 0.29) is 11.5 Å². The van der Waals surface area contributed by atoms with E-state index in [1.54, 1.807) is 11.3 Å². The van der Waals surface area contributed by atoms with E-state index in [1.165, 1.54) is 16.0 Å². The largest absolute Gasteiger partial charge is 0.326 e. The van der Waals surface area contributed by atoms with Gasteiger partial charge in [0.2, 0.25) is 0 Å². The molecule has 0 radical (unpaired) electrons. The first-order chi connectivity index (χ1) is 13.5. The van der Waals surface area contributed by atoms with Gasteiger partial charge in [0.25, 0.3) is 0 Å². The van der Waals surface area contributed by atoms with Gasteiger partial charge in [-0.05, 0) is 51.8 Å². The molecule has 2 heterocycles. The highest BCUT2D eigenvalue weighted by molar-refractivity contribution is 7.11. The fourth-order valence-corrected chi connectivity index (χ4v) is 4.18. The summed E-state index contributed by atoms with van der Waals surface area (Å²) in [4.78, 5) is 1.25. The molecule has 0 amide bonds. The summed E-state index contributed by atoms with van der Waals surface area (Å²) in [6.45, 7) is 7.31. The predicted octanol–water partition coefficient (Wildman–Crippen LogP) is 5.61. The zero-order valence-electron chi connectivity index (χ0n) is 16.6. The van der Waals surface area contributed by atoms with Crippen LogP contribution in [0.1, 0.15) is 48.4 Å². The van der Waals surface area contributed by atoms with Crippen molar-refractivity contribution in [3.8, 4) is 0 Å². The number of hydrogen-bond acceptors (Lipinski definition) is 4. The van der Waals surface area contributed by atoms with E-state index in [4.69, 9.17) is 5.73 Å². The lowest BCUT2D eigenvalue weighted by molar-refractivity contribution is 0.589. The highest BCUT2D eigenvalue weighted by Crippen LogP contribution is 2.36. The maximum absolute atomic E-state index is 5.77. The summed E-state index contributed by atoms with van der Waals surface area (Å²) in [6, 6.07) is 21.9. The minimum Gasteiger partial charge on any atom is -0.326 e. The van der Waals surface area contributed by atoms with Gasteiger partial charge >= 0.3 is 0 Å². The molecular formula is C24H27N3S. The first-order valence-electron chi connectivity index (χ1n) is 9.67. The van der Waals surface area contributed by atoms with Gasteiger partial charge in [-0.3, -0.25) is 10.4 Å². The van der Waals surface area contributed by atoms with E-state index in [0.29, 0.717) is 6.54 Å². The van der Waals surface area contributed by atoms with Crippen molar-refractivity contribution in [2.75, 3.05) is 5.01 Å². The number of benzene rings is 2. The molecule has 1 aliphatic heterocycles. The van der Waals surface area contributed by atoms with Crippen LogP contribution in [-0.4, -0.2) is 0 Å². The summed E-state index contributed by atoms with van der Waals surface area (Å²) >= 11 is 1.75. The van der Waals surface area contributed by atoms with Crippen LogP contribution in [0.3, 0.4) is 0 Å². The van der Waals surface area contributed by atoms with Gasteiger partial charge in [-0.2, -0.15) is 0 Å². The Hall–Kier alpha value is -2.56. The lowest BCUT2D eigenvalue weighted by Gasteiger charge is -2.28. The Labute approximate surface area is 171 Å². The average Bonchev–Trinajstić information content (AvgIpc) is 3.37. The summed E-state index contributed by atoms with van der Waals surface area (Å²) in [5.41, 5.74) is 15.6. The van der Waals surface area contributed by atoms with Crippen molar-refractivity contribution in [1.82, 2.24) is 5.43 Å². The van der Waals surface area contributed by atoms with Crippen molar-refractivity contribution in [1.29, 1.82) is 0 Å². The Morgan fingerprint density at radius 1 is 1.00 bits per heavy atom. The molecule has 2 aromatic carbocycles. The van der Waals surface area contributed by atoms with Crippen LogP contribution in [0, 0.1) is 0 Å². The third-order valence-corrected chi connectivity index (χ3v) is 6.10. The van der Waals surface area contributed by atoms with E-state index >= 15 is 0 Å². The van der Waals surface area contributed by atoms with E-state index in [1.807, 2.05) is 0 Å². The quantitative estimate of drug-likeness (QED) is 0.609. The number of nitrogens with two attached hydrogens (primary N) is 1. The molecule has 0 saturated heterocycles. The molecule has 1 aromatic heterocycles. The summed E-state index contributed by atoms with van der Waals surface area (Å²) in [5.74, 6) is 0. The number of nitrogens with one attached hydrogen (secondary N) is 1. The second kappa shape index (κ2) is 7.46. The molecule has 0 aliphatic carbocycles. The Morgan fingerprint density at radius 3 is 2.29 bits per heavy atom. The first-order valence-corrected chi connectivity index (χ1v) is 10.5. The molecule has 3 N–H and O–H groups in total. The van der Waals surface area contributed by atoms with Crippen molar-refractivity contribution in [3.05, 3.63) is 93.7 Å². The topological polar surface area (TPSA) is 41.3 Å². The highest BCUT2D eigenvalue weighted by Gasteiger charge is 2.28. The minimum absolute atomic E-state index is 0.134. The Balaban J connectivity index is 1.70.